The monoisotopic (exact) mass is 208 g/mol. The normalized spacial score (nSPS) is 14.0. The average molecular weight is 208 g/mol. The predicted molar refractivity (Wildman–Crippen MR) is 43.3 cm³/mol. The molecule has 0 fully saturated rings. The van der Waals surface area contributed by atoms with Crippen LogP contribution in [-0.4, -0.2) is 11.8 Å². The van der Waals surface area contributed by atoms with Crippen molar-refractivity contribution in [3.05, 3.63) is 0 Å². The van der Waals surface area contributed by atoms with Crippen LogP contribution in [0.5, 0.6) is 0 Å². The zero-order valence-electron chi connectivity index (χ0n) is 4.65. The highest BCUT2D eigenvalue weighted by Gasteiger charge is 1.94. The number of halogens is 1. The summed E-state index contributed by atoms with van der Waals surface area (Å²) in [6.07, 6.45) is 3.25. The van der Waals surface area contributed by atoms with Crippen molar-refractivity contribution >= 4 is 30.4 Å². The molecular weight excluding hydrogens is 198 g/mol. The van der Waals surface area contributed by atoms with Crippen LogP contribution in [0.3, 0.4) is 0 Å². The minimum absolute atomic E-state index is 0.794. The van der Waals surface area contributed by atoms with Crippen molar-refractivity contribution in [1.29, 1.82) is 0 Å². The van der Waals surface area contributed by atoms with E-state index in [9.17, 15) is 0 Å². The van der Waals surface area contributed by atoms with Crippen LogP contribution in [0, 0.1) is 0 Å². The fraction of sp³-hybridized carbons (Fsp3) is 1.00. The first-order valence-corrected chi connectivity index (χ1v) is 3.90. The van der Waals surface area contributed by atoms with Crippen LogP contribution in [0.4, 0.5) is 0 Å². The van der Waals surface area contributed by atoms with Crippen LogP contribution in [0.2, 0.25) is 6.32 Å². The molecule has 0 amide bonds. The van der Waals surface area contributed by atoms with Gasteiger partial charge >= 0.3 is 0 Å². The van der Waals surface area contributed by atoms with E-state index in [0.29, 0.717) is 0 Å². The van der Waals surface area contributed by atoms with E-state index in [1.165, 1.54) is 6.42 Å². The third-order valence-electron chi connectivity index (χ3n) is 0.923. The maximum Gasteiger partial charge on any atom is 0.0653 e. The first-order chi connectivity index (χ1) is 3.31. The van der Waals surface area contributed by atoms with Gasteiger partial charge in [0.2, 0.25) is 0 Å². The smallest absolute Gasteiger partial charge is 0.0653 e. The van der Waals surface area contributed by atoms with Crippen molar-refractivity contribution in [3.63, 3.8) is 0 Å². The van der Waals surface area contributed by atoms with Crippen LogP contribution in [0.1, 0.15) is 19.8 Å². The Morgan fingerprint density at radius 3 is 2.43 bits per heavy atom. The first-order valence-electron chi connectivity index (χ1n) is 2.65. The van der Waals surface area contributed by atoms with Gasteiger partial charge in [-0.2, -0.15) is 0 Å². The Morgan fingerprint density at radius 1 is 1.71 bits per heavy atom. The minimum Gasteiger partial charge on any atom is -0.0877 e. The fourth-order valence-corrected chi connectivity index (χ4v) is 0.745. The Kier molecular flexibility index (Phi) is 5.50. The lowest BCUT2D eigenvalue weighted by atomic mass is 10.00. The summed E-state index contributed by atoms with van der Waals surface area (Å²) < 4.78 is 0.794. The van der Waals surface area contributed by atoms with Gasteiger partial charge in [-0.05, 0) is 12.8 Å². The molecule has 2 heteroatoms. The van der Waals surface area contributed by atoms with Crippen LogP contribution < -0.4 is 0 Å². The quantitative estimate of drug-likeness (QED) is 0.378. The number of alkyl halides is 1. The first kappa shape index (κ1) is 7.79. The minimum atomic E-state index is 0.794. The lowest BCUT2D eigenvalue weighted by Gasteiger charge is -2.00. The van der Waals surface area contributed by atoms with Crippen LogP contribution in [-0.2, 0) is 0 Å². The second-order valence-electron chi connectivity index (χ2n) is 1.58. The summed E-state index contributed by atoms with van der Waals surface area (Å²) in [6.45, 7) is 2.19. The van der Waals surface area contributed by atoms with E-state index in [-0.39, 0.29) is 0 Å². The van der Waals surface area contributed by atoms with E-state index in [1.54, 1.807) is 0 Å². The molecule has 0 aromatic heterocycles. The molecule has 0 heterocycles. The van der Waals surface area contributed by atoms with Crippen molar-refractivity contribution < 1.29 is 0 Å². The Labute approximate surface area is 60.6 Å². The molecule has 0 N–H and O–H groups in total. The van der Waals surface area contributed by atoms with Crippen molar-refractivity contribution in [2.24, 2.45) is 0 Å². The van der Waals surface area contributed by atoms with Gasteiger partial charge < -0.3 is 0 Å². The van der Waals surface area contributed by atoms with Gasteiger partial charge in [0.15, 0.2) is 0 Å². The third-order valence-corrected chi connectivity index (χ3v) is 2.43. The van der Waals surface area contributed by atoms with Gasteiger partial charge in [0.25, 0.3) is 0 Å². The molecule has 1 unspecified atom stereocenters. The van der Waals surface area contributed by atoms with Gasteiger partial charge in [-0.25, -0.2) is 0 Å². The van der Waals surface area contributed by atoms with E-state index >= 15 is 0 Å². The molecule has 0 aromatic rings. The van der Waals surface area contributed by atoms with Gasteiger partial charge in [-0.1, -0.05) is 35.8 Å². The number of hydrogen-bond acceptors (Lipinski definition) is 0. The molecule has 40 valence electrons. The molecule has 0 saturated carbocycles. The maximum atomic E-state index is 5.30. The van der Waals surface area contributed by atoms with Crippen molar-refractivity contribution in [1.82, 2.24) is 0 Å². The van der Waals surface area contributed by atoms with Gasteiger partial charge in [0.05, 0.1) is 7.85 Å². The maximum absolute atomic E-state index is 5.30. The van der Waals surface area contributed by atoms with Crippen LogP contribution in [0.15, 0.2) is 0 Å². The molecule has 0 aromatic carbocycles. The lowest BCUT2D eigenvalue weighted by Crippen LogP contribution is -1.92. The molecule has 0 aliphatic carbocycles. The van der Waals surface area contributed by atoms with Gasteiger partial charge in [-0.15, -0.1) is 0 Å². The van der Waals surface area contributed by atoms with E-state index in [1.807, 2.05) is 0 Å². The summed E-state index contributed by atoms with van der Waals surface area (Å²) in [6, 6.07) is 0. The predicted octanol–water partition coefficient (Wildman–Crippen LogP) is 2.18. The molecule has 1 atom stereocenters. The highest BCUT2D eigenvalue weighted by Crippen LogP contribution is 2.10. The molecule has 0 saturated heterocycles. The van der Waals surface area contributed by atoms with E-state index in [4.69, 9.17) is 7.85 Å². The summed E-state index contributed by atoms with van der Waals surface area (Å²) in [7, 11) is 5.30. The highest BCUT2D eigenvalue weighted by atomic mass is 127. The second-order valence-corrected chi connectivity index (χ2v) is 3.34. The average Bonchev–Trinajstić information content (AvgIpc) is 1.68. The zero-order chi connectivity index (χ0) is 5.70. The van der Waals surface area contributed by atoms with Crippen molar-refractivity contribution in [2.45, 2.75) is 30.0 Å². The molecule has 0 aliphatic rings. The Hall–Kier alpha value is 0.795. The zero-order valence-corrected chi connectivity index (χ0v) is 6.81. The summed E-state index contributed by atoms with van der Waals surface area (Å²) in [5, 5.41) is 0. The summed E-state index contributed by atoms with van der Waals surface area (Å²) in [5.41, 5.74) is 0. The molecule has 0 spiro atoms. The van der Waals surface area contributed by atoms with Crippen molar-refractivity contribution in [2.75, 3.05) is 0 Å². The molecule has 0 aliphatic heterocycles. The van der Waals surface area contributed by atoms with Crippen LogP contribution >= 0.6 is 22.6 Å². The summed E-state index contributed by atoms with van der Waals surface area (Å²) in [5.74, 6) is 0. The molecule has 0 rings (SSSR count). The Morgan fingerprint density at radius 2 is 2.29 bits per heavy atom. The standard InChI is InChI=1S/C5H10BI/c1-2-5(7)3-4-6/h5H,2-4H2,1H3. The Balaban J connectivity index is 2.83. The molecule has 7 heavy (non-hydrogen) atoms. The largest absolute Gasteiger partial charge is 0.0877 e. The van der Waals surface area contributed by atoms with E-state index in [0.717, 1.165) is 16.7 Å². The number of rotatable bonds is 3. The summed E-state index contributed by atoms with van der Waals surface area (Å²) in [4.78, 5) is 0. The lowest BCUT2D eigenvalue weighted by molar-refractivity contribution is 0.819. The van der Waals surface area contributed by atoms with E-state index < -0.39 is 0 Å². The second kappa shape index (κ2) is 4.94. The SMILES string of the molecule is [B]CCC(I)CC. The topological polar surface area (TPSA) is 0 Å². The molecule has 0 bridgehead atoms. The van der Waals surface area contributed by atoms with Gasteiger partial charge in [0, 0.05) is 3.92 Å². The Bertz CT molecular complexity index is 39.1. The van der Waals surface area contributed by atoms with Gasteiger partial charge in [0.1, 0.15) is 0 Å². The summed E-state index contributed by atoms with van der Waals surface area (Å²) >= 11 is 2.43. The van der Waals surface area contributed by atoms with Crippen LogP contribution in [0.25, 0.3) is 0 Å². The van der Waals surface area contributed by atoms with Gasteiger partial charge in [-0.3, -0.25) is 0 Å². The molecule has 0 nitrogen and oxygen atoms in total. The third kappa shape index (κ3) is 4.65. The molecular formula is C5H10BI. The van der Waals surface area contributed by atoms with Crippen molar-refractivity contribution in [3.8, 4) is 0 Å². The highest BCUT2D eigenvalue weighted by molar-refractivity contribution is 14.1. The van der Waals surface area contributed by atoms with E-state index in [2.05, 4.69) is 29.5 Å². The number of hydrogen-bond donors (Lipinski definition) is 0. The fourth-order valence-electron chi connectivity index (χ4n) is 0.385. The molecule has 2 radical (unpaired) electrons.